The second kappa shape index (κ2) is 9.30. The largest absolute Gasteiger partial charge is 0.444 e. The number of piperazine rings is 1. The number of carbonyl (C=O) groups excluding carboxylic acids is 1. The maximum absolute atomic E-state index is 13.1. The van der Waals surface area contributed by atoms with Crippen LogP contribution in [0.5, 0.6) is 0 Å². The van der Waals surface area contributed by atoms with Crippen LogP contribution in [0.15, 0.2) is 62.9 Å². The summed E-state index contributed by atoms with van der Waals surface area (Å²) < 4.78 is 5.99. The van der Waals surface area contributed by atoms with E-state index in [9.17, 15) is 4.79 Å². The molecule has 0 spiro atoms. The minimum absolute atomic E-state index is 0.0248. The second-order valence-corrected chi connectivity index (χ2v) is 11.0. The number of benzene rings is 2. The van der Waals surface area contributed by atoms with E-state index in [4.69, 9.17) is 4.42 Å². The SMILES string of the molecule is Cc1ccc(C(C)(C)C)cc1Sc1ccc(C(=O)N2CCN(c3c(C)cccc3C)CC2)o1. The first-order valence-electron chi connectivity index (χ1n) is 11.6. The van der Waals surface area contributed by atoms with Crippen molar-refractivity contribution in [2.75, 3.05) is 31.1 Å². The molecule has 1 aromatic heterocycles. The quantitative estimate of drug-likeness (QED) is 0.437. The van der Waals surface area contributed by atoms with E-state index in [1.54, 1.807) is 11.8 Å². The third-order valence-corrected chi connectivity index (χ3v) is 7.46. The summed E-state index contributed by atoms with van der Waals surface area (Å²) in [5, 5.41) is 0.752. The summed E-state index contributed by atoms with van der Waals surface area (Å²) in [5.41, 5.74) is 6.46. The maximum atomic E-state index is 13.1. The molecule has 1 saturated heterocycles. The molecule has 1 amide bonds. The van der Waals surface area contributed by atoms with E-state index in [0.717, 1.165) is 23.1 Å². The van der Waals surface area contributed by atoms with Gasteiger partial charge >= 0.3 is 0 Å². The molecule has 4 nitrogen and oxygen atoms in total. The van der Waals surface area contributed by atoms with Crippen LogP contribution in [0.4, 0.5) is 5.69 Å². The molecule has 5 heteroatoms. The van der Waals surface area contributed by atoms with Gasteiger partial charge in [0.25, 0.3) is 5.91 Å². The first-order chi connectivity index (χ1) is 15.6. The Kier molecular flexibility index (Phi) is 6.62. The van der Waals surface area contributed by atoms with Crippen LogP contribution in [-0.4, -0.2) is 37.0 Å². The fraction of sp³-hybridized carbons (Fsp3) is 0.393. The van der Waals surface area contributed by atoms with Gasteiger partial charge in [0.05, 0.1) is 0 Å². The monoisotopic (exact) mass is 462 g/mol. The zero-order valence-electron chi connectivity index (χ0n) is 20.6. The van der Waals surface area contributed by atoms with E-state index in [1.165, 1.54) is 27.9 Å². The Morgan fingerprint density at radius 3 is 2.18 bits per heavy atom. The Balaban J connectivity index is 1.42. The number of hydrogen-bond donors (Lipinski definition) is 0. The van der Waals surface area contributed by atoms with E-state index in [2.05, 4.69) is 82.8 Å². The summed E-state index contributed by atoms with van der Waals surface area (Å²) in [6.45, 7) is 16.1. The van der Waals surface area contributed by atoms with Gasteiger partial charge in [-0.25, -0.2) is 0 Å². The number of hydrogen-bond acceptors (Lipinski definition) is 4. The smallest absolute Gasteiger partial charge is 0.289 e. The number of amides is 1. The standard InChI is InChI=1S/C28H34N2O2S/c1-19-10-11-22(28(4,5)6)18-24(19)33-25-13-12-23(32-25)27(31)30-16-14-29(15-17-30)26-20(2)8-7-9-21(26)3/h7-13,18H,14-17H2,1-6H3. The summed E-state index contributed by atoms with van der Waals surface area (Å²) in [6.07, 6.45) is 0. The molecule has 1 aliphatic rings. The van der Waals surface area contributed by atoms with Gasteiger partial charge in [-0.1, -0.05) is 62.9 Å². The Morgan fingerprint density at radius 1 is 0.879 bits per heavy atom. The van der Waals surface area contributed by atoms with E-state index in [0.29, 0.717) is 18.8 Å². The lowest BCUT2D eigenvalue weighted by Gasteiger charge is -2.37. The van der Waals surface area contributed by atoms with Gasteiger partial charge in [0.1, 0.15) is 0 Å². The van der Waals surface area contributed by atoms with Gasteiger partial charge in [-0.3, -0.25) is 4.79 Å². The molecule has 0 aliphatic carbocycles. The number of furan rings is 1. The minimum Gasteiger partial charge on any atom is -0.444 e. The molecule has 33 heavy (non-hydrogen) atoms. The van der Waals surface area contributed by atoms with Crippen molar-refractivity contribution in [3.05, 3.63) is 76.5 Å². The molecular weight excluding hydrogens is 428 g/mol. The first-order valence-corrected chi connectivity index (χ1v) is 12.4. The fourth-order valence-corrected chi connectivity index (χ4v) is 5.27. The minimum atomic E-state index is -0.0248. The zero-order chi connectivity index (χ0) is 23.8. The van der Waals surface area contributed by atoms with Gasteiger partial charge in [0, 0.05) is 36.8 Å². The lowest BCUT2D eigenvalue weighted by molar-refractivity contribution is 0.0709. The molecule has 0 N–H and O–H groups in total. The van der Waals surface area contributed by atoms with Crippen LogP contribution < -0.4 is 4.90 Å². The van der Waals surface area contributed by atoms with Crippen molar-refractivity contribution in [2.45, 2.75) is 56.9 Å². The summed E-state index contributed by atoms with van der Waals surface area (Å²) in [5.74, 6) is 0.394. The third-order valence-electron chi connectivity index (χ3n) is 6.38. The van der Waals surface area contributed by atoms with Crippen LogP contribution in [0.25, 0.3) is 0 Å². The summed E-state index contributed by atoms with van der Waals surface area (Å²) in [6, 6.07) is 16.7. The fourth-order valence-electron chi connectivity index (χ4n) is 4.37. The average Bonchev–Trinajstić information content (AvgIpc) is 3.23. The van der Waals surface area contributed by atoms with Crippen molar-refractivity contribution in [1.82, 2.24) is 4.90 Å². The molecule has 4 rings (SSSR count). The number of anilines is 1. The van der Waals surface area contributed by atoms with Gasteiger partial charge in [0.15, 0.2) is 10.9 Å². The lowest BCUT2D eigenvalue weighted by atomic mass is 9.87. The zero-order valence-corrected chi connectivity index (χ0v) is 21.4. The van der Waals surface area contributed by atoms with Crippen LogP contribution >= 0.6 is 11.8 Å². The number of rotatable bonds is 4. The number of para-hydroxylation sites is 1. The van der Waals surface area contributed by atoms with E-state index in [-0.39, 0.29) is 11.3 Å². The van der Waals surface area contributed by atoms with Crippen LogP contribution in [0.1, 0.15) is 53.6 Å². The molecular formula is C28H34N2O2S. The molecule has 0 unspecified atom stereocenters. The van der Waals surface area contributed by atoms with Gasteiger partial charge < -0.3 is 14.2 Å². The van der Waals surface area contributed by atoms with Crippen molar-refractivity contribution in [2.24, 2.45) is 0 Å². The molecule has 0 radical (unpaired) electrons. The average molecular weight is 463 g/mol. The number of carbonyl (C=O) groups is 1. The topological polar surface area (TPSA) is 36.7 Å². The molecule has 0 bridgehead atoms. The summed E-state index contributed by atoms with van der Waals surface area (Å²) >= 11 is 1.58. The molecule has 3 aromatic rings. The van der Waals surface area contributed by atoms with Gasteiger partial charge in [-0.15, -0.1) is 0 Å². The van der Waals surface area contributed by atoms with Crippen molar-refractivity contribution in [3.8, 4) is 0 Å². The molecule has 174 valence electrons. The Morgan fingerprint density at radius 2 is 1.55 bits per heavy atom. The first kappa shape index (κ1) is 23.5. The van der Waals surface area contributed by atoms with E-state index < -0.39 is 0 Å². The lowest BCUT2D eigenvalue weighted by Crippen LogP contribution is -2.49. The summed E-state index contributed by atoms with van der Waals surface area (Å²) in [4.78, 5) is 18.6. The second-order valence-electron chi connectivity index (χ2n) is 9.97. The molecule has 1 fully saturated rings. The van der Waals surface area contributed by atoms with Crippen molar-refractivity contribution in [1.29, 1.82) is 0 Å². The molecule has 2 heterocycles. The van der Waals surface area contributed by atoms with Crippen molar-refractivity contribution in [3.63, 3.8) is 0 Å². The van der Waals surface area contributed by atoms with Gasteiger partial charge in [-0.2, -0.15) is 0 Å². The molecule has 1 aliphatic heterocycles. The molecule has 0 saturated carbocycles. The predicted octanol–water partition coefficient (Wildman–Crippen LogP) is 6.62. The molecule has 2 aromatic carbocycles. The highest BCUT2D eigenvalue weighted by atomic mass is 32.2. The van der Waals surface area contributed by atoms with Gasteiger partial charge in [-0.05, 0) is 66.6 Å². The van der Waals surface area contributed by atoms with Crippen LogP contribution in [0, 0.1) is 20.8 Å². The van der Waals surface area contributed by atoms with Crippen LogP contribution in [0.3, 0.4) is 0 Å². The third kappa shape index (κ3) is 5.14. The van der Waals surface area contributed by atoms with E-state index in [1.807, 2.05) is 17.0 Å². The van der Waals surface area contributed by atoms with Crippen LogP contribution in [0.2, 0.25) is 0 Å². The Hall–Kier alpha value is -2.66. The highest BCUT2D eigenvalue weighted by Gasteiger charge is 2.26. The van der Waals surface area contributed by atoms with Crippen molar-refractivity contribution < 1.29 is 9.21 Å². The number of aryl methyl sites for hydroxylation is 3. The highest BCUT2D eigenvalue weighted by Crippen LogP contribution is 2.35. The normalized spacial score (nSPS) is 14.6. The molecule has 0 atom stereocenters. The highest BCUT2D eigenvalue weighted by molar-refractivity contribution is 7.99. The van der Waals surface area contributed by atoms with Gasteiger partial charge in [0.2, 0.25) is 0 Å². The Labute approximate surface area is 202 Å². The van der Waals surface area contributed by atoms with Crippen molar-refractivity contribution >= 4 is 23.4 Å². The van der Waals surface area contributed by atoms with E-state index >= 15 is 0 Å². The van der Waals surface area contributed by atoms with Crippen LogP contribution in [-0.2, 0) is 5.41 Å². The number of nitrogens with zero attached hydrogens (tertiary/aromatic N) is 2. The Bertz CT molecular complexity index is 1130. The maximum Gasteiger partial charge on any atom is 0.289 e. The summed E-state index contributed by atoms with van der Waals surface area (Å²) in [7, 11) is 0. The predicted molar refractivity (Wildman–Crippen MR) is 137 cm³/mol.